The molecule has 0 bridgehead atoms. The Balaban J connectivity index is 2.12. The number of carbonyl (C=O) groups excluding carboxylic acids is 1. The molecule has 0 aliphatic heterocycles. The summed E-state index contributed by atoms with van der Waals surface area (Å²) in [7, 11) is 0. The van der Waals surface area contributed by atoms with Crippen molar-refractivity contribution in [2.75, 3.05) is 6.54 Å². The maximum Gasteiger partial charge on any atom is 0.300 e. The van der Waals surface area contributed by atoms with E-state index in [-0.39, 0.29) is 16.4 Å². The molecule has 1 aromatic heterocycles. The summed E-state index contributed by atoms with van der Waals surface area (Å²) in [5, 5.41) is 13.5. The van der Waals surface area contributed by atoms with Gasteiger partial charge in [-0.3, -0.25) is 14.9 Å². The van der Waals surface area contributed by atoms with Crippen LogP contribution in [0.4, 0.5) is 5.69 Å². The Morgan fingerprint density at radius 1 is 1.72 bits per heavy atom. The summed E-state index contributed by atoms with van der Waals surface area (Å²) in [5.41, 5.74) is -0.381. The normalized spacial score (nSPS) is 21.4. The molecule has 1 heterocycles. The molecule has 0 radical (unpaired) electrons. The molecule has 1 N–H and O–H groups in total. The number of aromatic nitrogens is 1. The molecule has 2 atom stereocenters. The molecule has 1 amide bonds. The van der Waals surface area contributed by atoms with Crippen molar-refractivity contribution in [3.8, 4) is 0 Å². The summed E-state index contributed by atoms with van der Waals surface area (Å²) in [6.07, 6.45) is 2.08. The van der Waals surface area contributed by atoms with Crippen molar-refractivity contribution < 1.29 is 9.72 Å². The minimum atomic E-state index is -0.641. The Labute approximate surface area is 109 Å². The number of halogens is 1. The van der Waals surface area contributed by atoms with E-state index in [1.807, 2.05) is 0 Å². The highest BCUT2D eigenvalue weighted by Crippen LogP contribution is 2.36. The van der Waals surface area contributed by atoms with Crippen LogP contribution in [0, 0.1) is 22.0 Å². The van der Waals surface area contributed by atoms with E-state index in [9.17, 15) is 14.9 Å². The molecule has 0 aromatic carbocycles. The van der Waals surface area contributed by atoms with Crippen LogP contribution in [0.3, 0.4) is 0 Å². The molecule has 18 heavy (non-hydrogen) atoms. The van der Waals surface area contributed by atoms with E-state index in [1.54, 1.807) is 0 Å². The first-order valence-electron chi connectivity index (χ1n) is 5.57. The van der Waals surface area contributed by atoms with Crippen LogP contribution in [0.2, 0.25) is 5.15 Å². The van der Waals surface area contributed by atoms with Gasteiger partial charge in [-0.05, 0) is 24.3 Å². The predicted molar refractivity (Wildman–Crippen MR) is 65.5 cm³/mol. The first-order valence-corrected chi connectivity index (χ1v) is 5.95. The van der Waals surface area contributed by atoms with Crippen LogP contribution in [-0.4, -0.2) is 22.4 Å². The third-order valence-corrected chi connectivity index (χ3v) is 3.30. The van der Waals surface area contributed by atoms with Gasteiger partial charge in [0.15, 0.2) is 0 Å². The Hall–Kier alpha value is -1.69. The number of amides is 1. The molecule has 2 unspecified atom stereocenters. The lowest BCUT2D eigenvalue weighted by atomic mass is 10.2. The Bertz CT molecular complexity index is 506. The second-order valence-electron chi connectivity index (χ2n) is 4.46. The molecule has 1 aliphatic carbocycles. The third-order valence-electron chi connectivity index (χ3n) is 3.09. The quantitative estimate of drug-likeness (QED) is 0.515. The fourth-order valence-corrected chi connectivity index (χ4v) is 1.91. The minimum Gasteiger partial charge on any atom is -0.352 e. The van der Waals surface area contributed by atoms with Crippen molar-refractivity contribution in [3.63, 3.8) is 0 Å². The van der Waals surface area contributed by atoms with E-state index in [1.165, 1.54) is 6.07 Å². The molecule has 2 rings (SSSR count). The number of hydrogen-bond donors (Lipinski definition) is 1. The molecular weight excluding hydrogens is 258 g/mol. The highest BCUT2D eigenvalue weighted by molar-refractivity contribution is 6.29. The van der Waals surface area contributed by atoms with E-state index in [4.69, 9.17) is 11.6 Å². The summed E-state index contributed by atoms with van der Waals surface area (Å²) in [6.45, 7) is 2.64. The van der Waals surface area contributed by atoms with Crippen molar-refractivity contribution in [2.45, 2.75) is 13.3 Å². The van der Waals surface area contributed by atoms with Gasteiger partial charge in [0.1, 0.15) is 16.9 Å². The van der Waals surface area contributed by atoms with E-state index in [0.29, 0.717) is 18.4 Å². The van der Waals surface area contributed by atoms with Crippen LogP contribution in [-0.2, 0) is 0 Å². The van der Waals surface area contributed by atoms with Gasteiger partial charge in [-0.15, -0.1) is 0 Å². The molecule has 1 fully saturated rings. The molecule has 1 saturated carbocycles. The zero-order chi connectivity index (χ0) is 13.3. The van der Waals surface area contributed by atoms with Crippen LogP contribution >= 0.6 is 11.6 Å². The van der Waals surface area contributed by atoms with E-state index < -0.39 is 10.8 Å². The van der Waals surface area contributed by atoms with Crippen LogP contribution in [0.15, 0.2) is 12.3 Å². The van der Waals surface area contributed by atoms with Crippen molar-refractivity contribution >= 4 is 23.2 Å². The van der Waals surface area contributed by atoms with E-state index in [2.05, 4.69) is 17.2 Å². The lowest BCUT2D eigenvalue weighted by Crippen LogP contribution is -2.26. The average molecular weight is 270 g/mol. The predicted octanol–water partition coefficient (Wildman–Crippen LogP) is 2.03. The molecular formula is C11H12ClN3O3. The van der Waals surface area contributed by atoms with Crippen molar-refractivity contribution in [3.05, 3.63) is 33.1 Å². The van der Waals surface area contributed by atoms with Gasteiger partial charge in [0.2, 0.25) is 0 Å². The van der Waals surface area contributed by atoms with E-state index >= 15 is 0 Å². The van der Waals surface area contributed by atoms with Crippen molar-refractivity contribution in [1.29, 1.82) is 0 Å². The first kappa shape index (κ1) is 12.8. The second kappa shape index (κ2) is 4.89. The van der Waals surface area contributed by atoms with Crippen LogP contribution in [0.25, 0.3) is 0 Å². The summed E-state index contributed by atoms with van der Waals surface area (Å²) in [4.78, 5) is 25.6. The van der Waals surface area contributed by atoms with E-state index in [0.717, 1.165) is 12.6 Å². The fraction of sp³-hybridized carbons (Fsp3) is 0.455. The van der Waals surface area contributed by atoms with Crippen molar-refractivity contribution in [2.24, 2.45) is 11.8 Å². The highest BCUT2D eigenvalue weighted by Gasteiger charge is 2.33. The fourth-order valence-electron chi connectivity index (χ4n) is 1.75. The second-order valence-corrected chi connectivity index (χ2v) is 4.85. The van der Waals surface area contributed by atoms with Gasteiger partial charge in [-0.2, -0.15) is 0 Å². The number of rotatable bonds is 4. The smallest absolute Gasteiger partial charge is 0.300 e. The van der Waals surface area contributed by atoms with Gasteiger partial charge in [0.25, 0.3) is 11.6 Å². The number of nitrogens with one attached hydrogen (secondary N) is 1. The minimum absolute atomic E-state index is 0.0479. The average Bonchev–Trinajstić information content (AvgIpc) is 3.01. The molecule has 0 spiro atoms. The Morgan fingerprint density at radius 3 is 2.94 bits per heavy atom. The van der Waals surface area contributed by atoms with Gasteiger partial charge in [0, 0.05) is 6.54 Å². The van der Waals surface area contributed by atoms with Crippen molar-refractivity contribution in [1.82, 2.24) is 10.3 Å². The number of pyridine rings is 1. The molecule has 96 valence electrons. The molecule has 1 aromatic rings. The molecule has 0 saturated heterocycles. The van der Waals surface area contributed by atoms with Crippen LogP contribution in [0.1, 0.15) is 23.7 Å². The number of nitro groups is 1. The topological polar surface area (TPSA) is 85.1 Å². The standard InChI is InChI=1S/C11H12ClN3O3/c1-6-2-7(6)4-14-11(16)8-3-10(12)13-5-9(8)15(17)18/h3,5-7H,2,4H2,1H3,(H,14,16). The molecule has 7 heteroatoms. The van der Waals surface area contributed by atoms with Crippen LogP contribution < -0.4 is 5.32 Å². The largest absolute Gasteiger partial charge is 0.352 e. The summed E-state index contributed by atoms with van der Waals surface area (Å²) >= 11 is 5.65. The SMILES string of the molecule is CC1CC1CNC(=O)c1cc(Cl)ncc1[N+](=O)[O-]. The van der Waals surface area contributed by atoms with Gasteiger partial charge >= 0.3 is 0 Å². The Kier molecular flexibility index (Phi) is 3.47. The molecule has 1 aliphatic rings. The summed E-state index contributed by atoms with van der Waals surface area (Å²) < 4.78 is 0. The maximum absolute atomic E-state index is 11.9. The number of nitrogens with zero attached hydrogens (tertiary/aromatic N) is 2. The lowest BCUT2D eigenvalue weighted by Gasteiger charge is -2.05. The van der Waals surface area contributed by atoms with Gasteiger partial charge < -0.3 is 5.32 Å². The van der Waals surface area contributed by atoms with Gasteiger partial charge in [-0.1, -0.05) is 18.5 Å². The number of hydrogen-bond acceptors (Lipinski definition) is 4. The van der Waals surface area contributed by atoms with Crippen LogP contribution in [0.5, 0.6) is 0 Å². The summed E-state index contributed by atoms with van der Waals surface area (Å²) in [5.74, 6) is 0.608. The highest BCUT2D eigenvalue weighted by atomic mass is 35.5. The van der Waals surface area contributed by atoms with Gasteiger partial charge in [0.05, 0.1) is 4.92 Å². The summed E-state index contributed by atoms with van der Waals surface area (Å²) in [6, 6.07) is 1.21. The Morgan fingerprint density at radius 2 is 2.39 bits per heavy atom. The molecule has 6 nitrogen and oxygen atoms in total. The maximum atomic E-state index is 11.9. The first-order chi connectivity index (χ1) is 8.49. The monoisotopic (exact) mass is 269 g/mol. The zero-order valence-electron chi connectivity index (χ0n) is 9.72. The zero-order valence-corrected chi connectivity index (χ0v) is 10.5. The van der Waals surface area contributed by atoms with Gasteiger partial charge in [-0.25, -0.2) is 4.98 Å². The number of carbonyl (C=O) groups is 1. The lowest BCUT2D eigenvalue weighted by molar-refractivity contribution is -0.385. The third kappa shape index (κ3) is 2.76.